The van der Waals surface area contributed by atoms with E-state index >= 15 is 0 Å². The van der Waals surface area contributed by atoms with Crippen molar-refractivity contribution >= 4 is 87.9 Å². The molecule has 0 aromatic carbocycles. The number of aliphatic hydroxyl groups is 1. The molecule has 0 saturated carbocycles. The Kier molecular flexibility index (Phi) is 11.2. The van der Waals surface area contributed by atoms with E-state index in [0.717, 1.165) is 4.90 Å². The largest absolute Gasteiger partial charge is 0.390 e. The van der Waals surface area contributed by atoms with Crippen LogP contribution in [0, 0.1) is 0 Å². The summed E-state index contributed by atoms with van der Waals surface area (Å²) in [6, 6.07) is -0.999. The van der Waals surface area contributed by atoms with Crippen LogP contribution in [0.25, 0.3) is 0 Å². The summed E-state index contributed by atoms with van der Waals surface area (Å²) in [4.78, 5) is 24.9. The average molecular weight is 425 g/mol. The quantitative estimate of drug-likeness (QED) is 0.151. The van der Waals surface area contributed by atoms with Crippen molar-refractivity contribution in [3.63, 3.8) is 0 Å². The van der Waals surface area contributed by atoms with Crippen LogP contribution in [-0.2, 0) is 13.8 Å². The predicted molar refractivity (Wildman–Crippen MR) is 107 cm³/mol. The summed E-state index contributed by atoms with van der Waals surface area (Å²) in [7, 11) is 0. The molecule has 12 heteroatoms. The van der Waals surface area contributed by atoms with E-state index in [-0.39, 0.29) is 18.2 Å². The zero-order chi connectivity index (χ0) is 17.5. The fraction of sp³-hybridized carbons (Fsp3) is 0.800. The minimum atomic E-state index is -2.52. The summed E-state index contributed by atoms with van der Waals surface area (Å²) in [5.41, 5.74) is 5.82. The Bertz CT molecular complexity index is 386. The number of amides is 1. The molecule has 0 aromatic heterocycles. The summed E-state index contributed by atoms with van der Waals surface area (Å²) in [6.45, 7) is -0.111. The second-order valence-electron chi connectivity index (χ2n) is 4.48. The standard InChI is InChI=1S/C10H20N2O4S6/c11-7(1-5(19)3-17)8(13)12(2-6(20)4-18)10(15,21)9(14)16-22/h5-7,15,17-22H,1-4,11H2. The van der Waals surface area contributed by atoms with Gasteiger partial charge < -0.3 is 15.0 Å². The summed E-state index contributed by atoms with van der Waals surface area (Å²) in [5, 5.41) is 7.04. The lowest BCUT2D eigenvalue weighted by Crippen LogP contribution is -2.59. The van der Waals surface area contributed by atoms with Crippen molar-refractivity contribution in [2.45, 2.75) is 28.0 Å². The first-order valence-electron chi connectivity index (χ1n) is 6.07. The van der Waals surface area contributed by atoms with Gasteiger partial charge in [0.1, 0.15) is 0 Å². The third-order valence-corrected chi connectivity index (χ3v) is 5.44. The van der Waals surface area contributed by atoms with Crippen molar-refractivity contribution in [1.82, 2.24) is 4.90 Å². The van der Waals surface area contributed by atoms with Crippen molar-refractivity contribution in [3.05, 3.63) is 0 Å². The molecule has 0 aliphatic rings. The lowest BCUT2D eigenvalue weighted by molar-refractivity contribution is -0.167. The smallest absolute Gasteiger partial charge is 0.382 e. The number of hydrogen-bond acceptors (Lipinski definition) is 11. The van der Waals surface area contributed by atoms with Crippen molar-refractivity contribution in [1.29, 1.82) is 0 Å². The number of thiol groups is 6. The van der Waals surface area contributed by atoms with Gasteiger partial charge in [-0.1, -0.05) is 0 Å². The highest BCUT2D eigenvalue weighted by Crippen LogP contribution is 2.23. The van der Waals surface area contributed by atoms with E-state index < -0.39 is 28.2 Å². The number of nitrogens with zero attached hydrogens (tertiary/aromatic N) is 1. The Labute approximate surface area is 162 Å². The van der Waals surface area contributed by atoms with Gasteiger partial charge in [0, 0.05) is 41.5 Å². The highest BCUT2D eigenvalue weighted by molar-refractivity contribution is 7.85. The van der Waals surface area contributed by atoms with Crippen LogP contribution in [-0.4, -0.2) is 61.5 Å². The van der Waals surface area contributed by atoms with Crippen LogP contribution >= 0.6 is 76.1 Å². The molecule has 0 aliphatic carbocycles. The van der Waals surface area contributed by atoms with Crippen LogP contribution in [0.1, 0.15) is 6.42 Å². The van der Waals surface area contributed by atoms with Gasteiger partial charge in [0.25, 0.3) is 5.06 Å². The van der Waals surface area contributed by atoms with Crippen molar-refractivity contribution in [3.8, 4) is 0 Å². The van der Waals surface area contributed by atoms with Crippen molar-refractivity contribution in [2.24, 2.45) is 5.73 Å². The molecule has 0 radical (unpaired) electrons. The number of hydrogen-bond donors (Lipinski definition) is 8. The van der Waals surface area contributed by atoms with Crippen LogP contribution in [0.2, 0.25) is 0 Å². The fourth-order valence-corrected chi connectivity index (χ4v) is 2.56. The highest BCUT2D eigenvalue weighted by atomic mass is 32.1. The van der Waals surface area contributed by atoms with Gasteiger partial charge in [-0.15, -0.1) is 12.6 Å². The molecule has 130 valence electrons. The third-order valence-electron chi connectivity index (χ3n) is 2.66. The van der Waals surface area contributed by atoms with Gasteiger partial charge in [-0.2, -0.15) is 50.5 Å². The SMILES string of the molecule is NC(CC(S)CS)C(=O)N(CC(S)CS)C(O)(S)C(=O)OS. The van der Waals surface area contributed by atoms with E-state index in [1.807, 2.05) is 0 Å². The fourth-order valence-electron chi connectivity index (χ4n) is 1.48. The highest BCUT2D eigenvalue weighted by Gasteiger charge is 2.45. The number of rotatable bonds is 9. The molecular formula is C10H20N2O4S6. The molecule has 4 unspecified atom stereocenters. The lowest BCUT2D eigenvalue weighted by Gasteiger charge is -2.36. The zero-order valence-electron chi connectivity index (χ0n) is 11.4. The van der Waals surface area contributed by atoms with E-state index in [0.29, 0.717) is 11.5 Å². The molecule has 0 heterocycles. The Morgan fingerprint density at radius 3 is 2.14 bits per heavy atom. The van der Waals surface area contributed by atoms with Gasteiger partial charge in [-0.25, -0.2) is 4.79 Å². The summed E-state index contributed by atoms with van der Waals surface area (Å²) >= 11 is 23.6. The molecule has 6 nitrogen and oxygen atoms in total. The molecule has 4 atom stereocenters. The molecule has 0 spiro atoms. The molecule has 0 bridgehead atoms. The van der Waals surface area contributed by atoms with Crippen LogP contribution in [0.4, 0.5) is 0 Å². The van der Waals surface area contributed by atoms with E-state index in [1.54, 1.807) is 0 Å². The topological polar surface area (TPSA) is 92.9 Å². The van der Waals surface area contributed by atoms with E-state index in [1.165, 1.54) is 0 Å². The molecule has 1 amide bonds. The molecule has 3 N–H and O–H groups in total. The number of nitrogens with two attached hydrogens (primary N) is 1. The maximum Gasteiger partial charge on any atom is 0.382 e. The monoisotopic (exact) mass is 424 g/mol. The normalized spacial score (nSPS) is 18.0. The van der Waals surface area contributed by atoms with E-state index in [2.05, 4.69) is 80.2 Å². The maximum atomic E-state index is 12.5. The van der Waals surface area contributed by atoms with Crippen LogP contribution in [0.15, 0.2) is 0 Å². The Balaban J connectivity index is 5.30. The van der Waals surface area contributed by atoms with Crippen molar-refractivity contribution < 1.29 is 18.9 Å². The molecule has 0 rings (SSSR count). The van der Waals surface area contributed by atoms with Gasteiger partial charge in [-0.3, -0.25) is 9.69 Å². The molecule has 22 heavy (non-hydrogen) atoms. The third kappa shape index (κ3) is 6.83. The molecule has 0 fully saturated rings. The van der Waals surface area contributed by atoms with Gasteiger partial charge in [0.05, 0.1) is 6.04 Å². The lowest BCUT2D eigenvalue weighted by atomic mass is 10.1. The molecule has 0 aromatic rings. The second-order valence-corrected chi connectivity index (χ2v) is 7.48. The first-order valence-corrected chi connectivity index (χ1v) is 9.18. The van der Waals surface area contributed by atoms with E-state index in [4.69, 9.17) is 5.73 Å². The van der Waals surface area contributed by atoms with Crippen LogP contribution < -0.4 is 5.73 Å². The van der Waals surface area contributed by atoms with E-state index in [9.17, 15) is 14.7 Å². The van der Waals surface area contributed by atoms with Gasteiger partial charge in [-0.05, 0) is 6.42 Å². The molecular weight excluding hydrogens is 405 g/mol. The zero-order valence-corrected chi connectivity index (χ0v) is 16.8. The molecule has 0 saturated heterocycles. The van der Waals surface area contributed by atoms with Gasteiger partial charge in [0.2, 0.25) is 5.91 Å². The van der Waals surface area contributed by atoms with Gasteiger partial charge >= 0.3 is 5.97 Å². The minimum absolute atomic E-state index is 0.111. The summed E-state index contributed by atoms with van der Waals surface area (Å²) in [5.74, 6) is -1.21. The Morgan fingerprint density at radius 1 is 1.23 bits per heavy atom. The Hall–Kier alpha value is 0.960. The summed E-state index contributed by atoms with van der Waals surface area (Å²) < 4.78 is 4.17. The Morgan fingerprint density at radius 2 is 1.73 bits per heavy atom. The minimum Gasteiger partial charge on any atom is -0.390 e. The maximum absolute atomic E-state index is 12.5. The second kappa shape index (κ2) is 10.7. The summed E-state index contributed by atoms with van der Waals surface area (Å²) in [6.07, 6.45) is 0.208. The first kappa shape index (κ1) is 23.0. The average Bonchev–Trinajstić information content (AvgIpc) is 2.49. The van der Waals surface area contributed by atoms with Gasteiger partial charge in [0.15, 0.2) is 0 Å². The number of carbonyl (C=O) groups is 2. The predicted octanol–water partition coefficient (Wildman–Crippen LogP) is -0.0473. The first-order chi connectivity index (χ1) is 10.1. The molecule has 0 aliphatic heterocycles. The number of carbonyl (C=O) groups excluding carboxylic acids is 2. The van der Waals surface area contributed by atoms with Crippen LogP contribution in [0.5, 0.6) is 0 Å². The van der Waals surface area contributed by atoms with Crippen LogP contribution in [0.3, 0.4) is 0 Å². The van der Waals surface area contributed by atoms with Crippen molar-refractivity contribution in [2.75, 3.05) is 18.1 Å².